The third-order valence-corrected chi connectivity index (χ3v) is 3.47. The van der Waals surface area contributed by atoms with Gasteiger partial charge in [0.15, 0.2) is 0 Å². The Balaban J connectivity index is 2.07. The Morgan fingerprint density at radius 3 is 2.94 bits per heavy atom. The van der Waals surface area contributed by atoms with Gasteiger partial charge in [-0.15, -0.1) is 11.3 Å². The molecular weight excluding hydrogens is 232 g/mol. The summed E-state index contributed by atoms with van der Waals surface area (Å²) in [5.74, 6) is 1.97. The number of nitrogens with zero attached hydrogens (tertiary/aromatic N) is 2. The Labute approximate surface area is 105 Å². The predicted octanol–water partition coefficient (Wildman–Crippen LogP) is 2.60. The Hall–Kier alpha value is -1.62. The van der Waals surface area contributed by atoms with Crippen LogP contribution < -0.4 is 11.1 Å². The van der Waals surface area contributed by atoms with Crippen LogP contribution in [-0.2, 0) is 13.0 Å². The van der Waals surface area contributed by atoms with Crippen LogP contribution in [0.5, 0.6) is 0 Å². The number of rotatable bonds is 4. The summed E-state index contributed by atoms with van der Waals surface area (Å²) in [4.78, 5) is 9.68. The molecule has 3 N–H and O–H groups in total. The van der Waals surface area contributed by atoms with Crippen LogP contribution >= 0.6 is 11.3 Å². The molecule has 2 rings (SSSR count). The highest BCUT2D eigenvalue weighted by Crippen LogP contribution is 2.19. The van der Waals surface area contributed by atoms with Crippen molar-refractivity contribution >= 4 is 23.0 Å². The molecular formula is C12H16N4S. The molecule has 0 spiro atoms. The number of aryl methyl sites for hydroxylation is 2. The maximum atomic E-state index is 5.68. The Morgan fingerprint density at radius 2 is 2.24 bits per heavy atom. The number of anilines is 2. The summed E-state index contributed by atoms with van der Waals surface area (Å²) in [6.45, 7) is 4.79. The predicted molar refractivity (Wildman–Crippen MR) is 72.2 cm³/mol. The van der Waals surface area contributed by atoms with Crippen LogP contribution in [0.3, 0.4) is 0 Å². The zero-order chi connectivity index (χ0) is 12.3. The van der Waals surface area contributed by atoms with Crippen molar-refractivity contribution in [3.63, 3.8) is 0 Å². The summed E-state index contributed by atoms with van der Waals surface area (Å²) in [6, 6.07) is 3.92. The second-order valence-electron chi connectivity index (χ2n) is 3.80. The molecule has 0 bridgehead atoms. The van der Waals surface area contributed by atoms with Gasteiger partial charge < -0.3 is 11.1 Å². The fourth-order valence-electron chi connectivity index (χ4n) is 1.69. The summed E-state index contributed by atoms with van der Waals surface area (Å²) < 4.78 is 0. The topological polar surface area (TPSA) is 63.8 Å². The van der Waals surface area contributed by atoms with E-state index in [0.29, 0.717) is 11.6 Å². The molecule has 0 radical (unpaired) electrons. The number of nitrogen functional groups attached to an aromatic ring is 1. The average molecular weight is 248 g/mol. The molecule has 2 aromatic heterocycles. The second-order valence-corrected chi connectivity index (χ2v) is 4.80. The first kappa shape index (κ1) is 11.9. The van der Waals surface area contributed by atoms with E-state index in [-0.39, 0.29) is 0 Å². The minimum atomic E-state index is 0.502. The third-order valence-electron chi connectivity index (χ3n) is 2.51. The molecule has 17 heavy (non-hydrogen) atoms. The second kappa shape index (κ2) is 5.14. The van der Waals surface area contributed by atoms with Gasteiger partial charge in [-0.3, -0.25) is 0 Å². The van der Waals surface area contributed by atoms with Crippen molar-refractivity contribution in [1.29, 1.82) is 0 Å². The number of aromatic nitrogens is 2. The summed E-state index contributed by atoms with van der Waals surface area (Å²) in [5, 5.41) is 5.40. The van der Waals surface area contributed by atoms with Crippen LogP contribution in [-0.4, -0.2) is 9.97 Å². The van der Waals surface area contributed by atoms with E-state index in [1.54, 1.807) is 17.4 Å². The molecule has 0 atom stereocenters. The van der Waals surface area contributed by atoms with Crippen LogP contribution in [0.4, 0.5) is 11.6 Å². The van der Waals surface area contributed by atoms with Gasteiger partial charge in [-0.25, -0.2) is 9.97 Å². The largest absolute Gasteiger partial charge is 0.384 e. The van der Waals surface area contributed by atoms with E-state index < -0.39 is 0 Å². The number of thiophene rings is 1. The fourth-order valence-corrected chi connectivity index (χ4v) is 2.61. The van der Waals surface area contributed by atoms with Gasteiger partial charge in [-0.1, -0.05) is 6.92 Å². The lowest BCUT2D eigenvalue weighted by Gasteiger charge is -2.07. The molecule has 0 aliphatic carbocycles. The summed E-state index contributed by atoms with van der Waals surface area (Å²) >= 11 is 1.76. The van der Waals surface area contributed by atoms with Crippen LogP contribution in [0.25, 0.3) is 0 Å². The van der Waals surface area contributed by atoms with Gasteiger partial charge in [0.2, 0.25) is 0 Å². The lowest BCUT2D eigenvalue weighted by atomic mass is 10.2. The Kier molecular flexibility index (Phi) is 3.58. The van der Waals surface area contributed by atoms with Crippen molar-refractivity contribution in [2.24, 2.45) is 0 Å². The van der Waals surface area contributed by atoms with E-state index in [1.165, 1.54) is 10.4 Å². The van der Waals surface area contributed by atoms with Crippen LogP contribution in [0.15, 0.2) is 17.5 Å². The van der Waals surface area contributed by atoms with Crippen LogP contribution in [0, 0.1) is 6.92 Å². The quantitative estimate of drug-likeness (QED) is 0.873. The van der Waals surface area contributed by atoms with Crippen molar-refractivity contribution in [2.75, 3.05) is 11.1 Å². The smallest absolute Gasteiger partial charge is 0.132 e. The van der Waals surface area contributed by atoms with Crippen molar-refractivity contribution in [3.8, 4) is 0 Å². The molecule has 0 saturated heterocycles. The van der Waals surface area contributed by atoms with Gasteiger partial charge in [0.25, 0.3) is 0 Å². The summed E-state index contributed by atoms with van der Waals surface area (Å²) in [7, 11) is 0. The highest BCUT2D eigenvalue weighted by Gasteiger charge is 2.03. The van der Waals surface area contributed by atoms with E-state index in [0.717, 1.165) is 18.8 Å². The molecule has 0 saturated carbocycles. The highest BCUT2D eigenvalue weighted by atomic mass is 32.1. The Morgan fingerprint density at radius 1 is 1.41 bits per heavy atom. The number of nitrogens with two attached hydrogens (primary N) is 1. The van der Waals surface area contributed by atoms with E-state index >= 15 is 0 Å². The minimum Gasteiger partial charge on any atom is -0.384 e. The van der Waals surface area contributed by atoms with E-state index in [4.69, 9.17) is 5.73 Å². The maximum Gasteiger partial charge on any atom is 0.132 e. The van der Waals surface area contributed by atoms with E-state index in [9.17, 15) is 0 Å². The summed E-state index contributed by atoms with van der Waals surface area (Å²) in [5.41, 5.74) is 7.07. The number of hydrogen-bond donors (Lipinski definition) is 2. The molecule has 0 aromatic carbocycles. The number of hydrogen-bond acceptors (Lipinski definition) is 5. The van der Waals surface area contributed by atoms with Gasteiger partial charge >= 0.3 is 0 Å². The lowest BCUT2D eigenvalue weighted by molar-refractivity contribution is 1.02. The van der Waals surface area contributed by atoms with E-state index in [1.807, 2.05) is 6.92 Å². The third kappa shape index (κ3) is 2.94. The standard InChI is InChI=1S/C12H16N4S/c1-3-9-4-5-17-10(9)7-14-12-6-11(13)15-8(2)16-12/h4-6H,3,7H2,1-2H3,(H3,13,14,15,16). The van der Waals surface area contributed by atoms with Crippen LogP contribution in [0.2, 0.25) is 0 Å². The molecule has 2 heterocycles. The molecule has 0 fully saturated rings. The first-order valence-electron chi connectivity index (χ1n) is 5.59. The fraction of sp³-hybridized carbons (Fsp3) is 0.333. The van der Waals surface area contributed by atoms with Gasteiger partial charge in [0.1, 0.15) is 17.5 Å². The molecule has 5 heteroatoms. The van der Waals surface area contributed by atoms with Crippen molar-refractivity contribution in [1.82, 2.24) is 9.97 Å². The zero-order valence-electron chi connectivity index (χ0n) is 10.0. The van der Waals surface area contributed by atoms with Crippen LogP contribution in [0.1, 0.15) is 23.2 Å². The van der Waals surface area contributed by atoms with E-state index in [2.05, 4.69) is 33.7 Å². The summed E-state index contributed by atoms with van der Waals surface area (Å²) in [6.07, 6.45) is 1.06. The molecule has 0 amide bonds. The van der Waals surface area contributed by atoms with Gasteiger partial charge in [-0.05, 0) is 30.4 Å². The van der Waals surface area contributed by atoms with Gasteiger partial charge in [0.05, 0.1) is 6.54 Å². The highest BCUT2D eigenvalue weighted by molar-refractivity contribution is 7.10. The first-order valence-corrected chi connectivity index (χ1v) is 6.47. The molecule has 90 valence electrons. The van der Waals surface area contributed by atoms with Crippen molar-refractivity contribution in [3.05, 3.63) is 33.8 Å². The average Bonchev–Trinajstić information content (AvgIpc) is 2.72. The molecule has 2 aromatic rings. The SMILES string of the molecule is CCc1ccsc1CNc1cc(N)nc(C)n1. The molecule has 0 aliphatic heterocycles. The lowest BCUT2D eigenvalue weighted by Crippen LogP contribution is -2.05. The Bertz CT molecular complexity index is 487. The molecule has 4 nitrogen and oxygen atoms in total. The van der Waals surface area contributed by atoms with Gasteiger partial charge in [-0.2, -0.15) is 0 Å². The van der Waals surface area contributed by atoms with Gasteiger partial charge in [0, 0.05) is 10.9 Å². The minimum absolute atomic E-state index is 0.502. The van der Waals surface area contributed by atoms with Crippen molar-refractivity contribution in [2.45, 2.75) is 26.8 Å². The van der Waals surface area contributed by atoms with Crippen molar-refractivity contribution < 1.29 is 0 Å². The molecule has 0 aliphatic rings. The zero-order valence-corrected chi connectivity index (χ0v) is 10.8. The normalized spacial score (nSPS) is 10.5. The first-order chi connectivity index (χ1) is 8.19. The maximum absolute atomic E-state index is 5.68. The number of nitrogens with one attached hydrogen (secondary N) is 1. The monoisotopic (exact) mass is 248 g/mol. The molecule has 0 unspecified atom stereocenters.